The quantitative estimate of drug-likeness (QED) is 0.639. The lowest BCUT2D eigenvalue weighted by molar-refractivity contribution is -0.0308. The first kappa shape index (κ1) is 18.2. The molecule has 1 aliphatic rings. The van der Waals surface area contributed by atoms with E-state index >= 15 is 0 Å². The van der Waals surface area contributed by atoms with Crippen LogP contribution < -0.4 is 11.1 Å². The second kappa shape index (κ2) is 7.96. The van der Waals surface area contributed by atoms with Gasteiger partial charge in [0.2, 0.25) is 0 Å². The molecule has 0 atom stereocenters. The van der Waals surface area contributed by atoms with Crippen LogP contribution in [0.15, 0.2) is 0 Å². The molecule has 0 aromatic rings. The maximum atomic E-state index is 12.0. The molecule has 21 heavy (non-hydrogen) atoms. The molecule has 1 amide bonds. The Labute approximate surface area is 128 Å². The number of rotatable bonds is 6. The first-order chi connectivity index (χ1) is 9.76. The molecule has 4 N–H and O–H groups in total. The number of likely N-dealkylation sites (tertiary alicyclic amines) is 1. The Bertz CT molecular complexity index is 321. The smallest absolute Gasteiger partial charge is 0.410 e. The second-order valence-corrected chi connectivity index (χ2v) is 6.86. The molecule has 0 saturated carbocycles. The molecule has 0 aromatic heterocycles. The molecule has 1 rings (SSSR count). The summed E-state index contributed by atoms with van der Waals surface area (Å²) in [7, 11) is 0. The van der Waals surface area contributed by atoms with Gasteiger partial charge in [-0.1, -0.05) is 0 Å². The molecule has 1 fully saturated rings. The average Bonchev–Trinajstić information content (AvgIpc) is 2.37. The number of aliphatic hydroxyl groups is 1. The van der Waals surface area contributed by atoms with Crippen LogP contribution in [0.4, 0.5) is 4.79 Å². The number of hydrogen-bond donors (Lipinski definition) is 3. The minimum atomic E-state index is -0.721. The van der Waals surface area contributed by atoms with Gasteiger partial charge in [-0.15, -0.1) is 0 Å². The lowest BCUT2D eigenvalue weighted by atomic mass is 9.91. The number of piperidine rings is 1. The average molecular weight is 301 g/mol. The minimum Gasteiger partial charge on any atom is -0.444 e. The highest BCUT2D eigenvalue weighted by molar-refractivity contribution is 5.68. The third kappa shape index (κ3) is 7.11. The zero-order valence-electron chi connectivity index (χ0n) is 13.7. The number of nitrogens with two attached hydrogens (primary N) is 1. The van der Waals surface area contributed by atoms with Crippen molar-refractivity contribution < 1.29 is 14.6 Å². The van der Waals surface area contributed by atoms with Crippen LogP contribution in [0.1, 0.15) is 46.5 Å². The highest BCUT2D eigenvalue weighted by atomic mass is 16.6. The van der Waals surface area contributed by atoms with Crippen molar-refractivity contribution in [3.05, 3.63) is 0 Å². The highest BCUT2D eigenvalue weighted by Gasteiger charge is 2.34. The van der Waals surface area contributed by atoms with Gasteiger partial charge in [0.1, 0.15) is 5.60 Å². The second-order valence-electron chi connectivity index (χ2n) is 6.86. The van der Waals surface area contributed by atoms with Gasteiger partial charge in [-0.3, -0.25) is 0 Å². The highest BCUT2D eigenvalue weighted by Crippen LogP contribution is 2.23. The van der Waals surface area contributed by atoms with Crippen molar-refractivity contribution in [2.75, 3.05) is 32.7 Å². The number of unbranched alkanes of at least 4 members (excludes halogenated alkanes) is 1. The molecule has 1 heterocycles. The van der Waals surface area contributed by atoms with E-state index in [1.54, 1.807) is 4.90 Å². The van der Waals surface area contributed by atoms with Crippen LogP contribution in [0.25, 0.3) is 0 Å². The van der Waals surface area contributed by atoms with Gasteiger partial charge in [0.15, 0.2) is 0 Å². The summed E-state index contributed by atoms with van der Waals surface area (Å²) in [6.45, 7) is 8.79. The third-order valence-electron chi connectivity index (χ3n) is 3.61. The van der Waals surface area contributed by atoms with Crippen molar-refractivity contribution in [1.29, 1.82) is 0 Å². The zero-order valence-corrected chi connectivity index (χ0v) is 13.7. The summed E-state index contributed by atoms with van der Waals surface area (Å²) in [6.07, 6.45) is 2.89. The Balaban J connectivity index is 2.28. The van der Waals surface area contributed by atoms with Gasteiger partial charge in [0, 0.05) is 19.6 Å². The van der Waals surface area contributed by atoms with E-state index in [4.69, 9.17) is 10.5 Å². The topological polar surface area (TPSA) is 87.8 Å². The Hall–Kier alpha value is -0.850. The van der Waals surface area contributed by atoms with Crippen molar-refractivity contribution >= 4 is 6.09 Å². The monoisotopic (exact) mass is 301 g/mol. The standard InChI is InChI=1S/C15H31N3O3/c1-14(2,3)21-13(19)18-10-6-15(20,7-11-18)12-17-9-5-4-8-16/h17,20H,4-12,16H2,1-3H3. The largest absolute Gasteiger partial charge is 0.444 e. The zero-order chi connectivity index (χ0) is 15.9. The molecule has 0 aliphatic carbocycles. The summed E-state index contributed by atoms with van der Waals surface area (Å²) < 4.78 is 5.35. The predicted molar refractivity (Wildman–Crippen MR) is 83.1 cm³/mol. The van der Waals surface area contributed by atoms with E-state index in [-0.39, 0.29) is 6.09 Å². The van der Waals surface area contributed by atoms with E-state index in [2.05, 4.69) is 5.32 Å². The van der Waals surface area contributed by atoms with Crippen LogP contribution in [0, 0.1) is 0 Å². The Morgan fingerprint density at radius 2 is 1.95 bits per heavy atom. The normalized spacial score (nSPS) is 18.6. The summed E-state index contributed by atoms with van der Waals surface area (Å²) in [5.41, 5.74) is 4.24. The fourth-order valence-corrected chi connectivity index (χ4v) is 2.32. The summed E-state index contributed by atoms with van der Waals surface area (Å²) in [5.74, 6) is 0. The lowest BCUT2D eigenvalue weighted by Gasteiger charge is -2.38. The van der Waals surface area contributed by atoms with Crippen molar-refractivity contribution in [2.24, 2.45) is 5.73 Å². The summed E-state index contributed by atoms with van der Waals surface area (Å²) in [5, 5.41) is 13.8. The molecule has 0 radical (unpaired) electrons. The van der Waals surface area contributed by atoms with Crippen molar-refractivity contribution in [3.63, 3.8) is 0 Å². The molecule has 0 unspecified atom stereocenters. The molecule has 0 bridgehead atoms. The van der Waals surface area contributed by atoms with Gasteiger partial charge in [-0.25, -0.2) is 4.79 Å². The number of hydrogen-bond acceptors (Lipinski definition) is 5. The van der Waals surface area contributed by atoms with Crippen LogP contribution in [-0.4, -0.2) is 60.0 Å². The van der Waals surface area contributed by atoms with E-state index in [0.717, 1.165) is 19.4 Å². The fraction of sp³-hybridized carbons (Fsp3) is 0.933. The summed E-state index contributed by atoms with van der Waals surface area (Å²) in [6, 6.07) is 0. The summed E-state index contributed by atoms with van der Waals surface area (Å²) in [4.78, 5) is 13.6. The van der Waals surface area contributed by atoms with Gasteiger partial charge in [-0.05, 0) is 59.5 Å². The number of ether oxygens (including phenoxy) is 1. The maximum Gasteiger partial charge on any atom is 0.410 e. The molecule has 6 nitrogen and oxygen atoms in total. The van der Waals surface area contributed by atoms with E-state index in [0.29, 0.717) is 39.0 Å². The Kier molecular flexibility index (Phi) is 6.90. The maximum absolute atomic E-state index is 12.0. The number of amides is 1. The molecule has 6 heteroatoms. The lowest BCUT2D eigenvalue weighted by Crippen LogP contribution is -2.52. The van der Waals surface area contributed by atoms with E-state index < -0.39 is 11.2 Å². The third-order valence-corrected chi connectivity index (χ3v) is 3.61. The number of carbonyl (C=O) groups excluding carboxylic acids is 1. The van der Waals surface area contributed by atoms with Gasteiger partial charge in [0.05, 0.1) is 5.60 Å². The molecular weight excluding hydrogens is 270 g/mol. The van der Waals surface area contributed by atoms with Crippen molar-refractivity contribution in [1.82, 2.24) is 10.2 Å². The number of nitrogens with zero attached hydrogens (tertiary/aromatic N) is 1. The van der Waals surface area contributed by atoms with Crippen LogP contribution >= 0.6 is 0 Å². The van der Waals surface area contributed by atoms with Gasteiger partial charge in [0.25, 0.3) is 0 Å². The Morgan fingerprint density at radius 1 is 1.33 bits per heavy atom. The van der Waals surface area contributed by atoms with E-state index in [1.165, 1.54) is 0 Å². The minimum absolute atomic E-state index is 0.291. The van der Waals surface area contributed by atoms with Gasteiger partial charge in [-0.2, -0.15) is 0 Å². The Morgan fingerprint density at radius 3 is 2.48 bits per heavy atom. The number of carbonyl (C=O) groups is 1. The molecule has 0 aromatic carbocycles. The molecule has 1 aliphatic heterocycles. The van der Waals surface area contributed by atoms with Crippen LogP contribution in [0.3, 0.4) is 0 Å². The van der Waals surface area contributed by atoms with Crippen molar-refractivity contribution in [3.8, 4) is 0 Å². The SMILES string of the molecule is CC(C)(C)OC(=O)N1CCC(O)(CNCCCCN)CC1. The van der Waals surface area contributed by atoms with Crippen molar-refractivity contribution in [2.45, 2.75) is 57.7 Å². The van der Waals surface area contributed by atoms with Crippen LogP contribution in [0.2, 0.25) is 0 Å². The predicted octanol–water partition coefficient (Wildman–Crippen LogP) is 1.08. The first-order valence-electron chi connectivity index (χ1n) is 7.87. The molecule has 0 spiro atoms. The summed E-state index contributed by atoms with van der Waals surface area (Å²) >= 11 is 0. The van der Waals surface area contributed by atoms with Crippen LogP contribution in [0.5, 0.6) is 0 Å². The fourth-order valence-electron chi connectivity index (χ4n) is 2.32. The van der Waals surface area contributed by atoms with E-state index in [9.17, 15) is 9.90 Å². The molecule has 1 saturated heterocycles. The van der Waals surface area contributed by atoms with E-state index in [1.807, 2.05) is 20.8 Å². The molecular formula is C15H31N3O3. The number of nitrogens with one attached hydrogen (secondary N) is 1. The van der Waals surface area contributed by atoms with Gasteiger partial charge >= 0.3 is 6.09 Å². The van der Waals surface area contributed by atoms with Crippen LogP contribution in [-0.2, 0) is 4.74 Å². The molecule has 124 valence electrons. The van der Waals surface area contributed by atoms with Gasteiger partial charge < -0.3 is 25.8 Å². The first-order valence-corrected chi connectivity index (χ1v) is 7.87.